The van der Waals surface area contributed by atoms with Gasteiger partial charge in [0, 0.05) is 12.1 Å². The highest BCUT2D eigenvalue weighted by Crippen LogP contribution is 2.45. The summed E-state index contributed by atoms with van der Waals surface area (Å²) in [7, 11) is -3.66. The molecule has 0 spiro atoms. The Morgan fingerprint density at radius 2 is 1.96 bits per heavy atom. The Labute approximate surface area is 156 Å². The number of nitrogens with zero attached hydrogens (tertiary/aromatic N) is 1. The number of likely N-dealkylation sites (N-methyl/N-ethyl adjacent to an activating group) is 1. The summed E-state index contributed by atoms with van der Waals surface area (Å²) in [6.07, 6.45) is -5.60. The Balaban J connectivity index is 2.42. The highest BCUT2D eigenvalue weighted by Gasteiger charge is 2.47. The summed E-state index contributed by atoms with van der Waals surface area (Å²) >= 11 is 0. The molecule has 154 valence electrons. The number of benzene rings is 1. The SMILES string of the molecule is CCN(C1c2cc(OCCC(F)(F)F)ccc2OC(C)(C)C1O)S(C)(=O)=O. The van der Waals surface area contributed by atoms with Gasteiger partial charge in [-0.1, -0.05) is 6.92 Å². The van der Waals surface area contributed by atoms with Crippen molar-refractivity contribution in [3.05, 3.63) is 23.8 Å². The van der Waals surface area contributed by atoms with E-state index in [0.717, 1.165) is 10.6 Å². The van der Waals surface area contributed by atoms with E-state index in [4.69, 9.17) is 9.47 Å². The van der Waals surface area contributed by atoms with Gasteiger partial charge in [0.1, 0.15) is 23.2 Å². The van der Waals surface area contributed by atoms with Crippen LogP contribution >= 0.6 is 0 Å². The van der Waals surface area contributed by atoms with Crippen LogP contribution in [0.5, 0.6) is 11.5 Å². The Morgan fingerprint density at radius 1 is 1.33 bits per heavy atom. The molecule has 10 heteroatoms. The maximum atomic E-state index is 12.3. The van der Waals surface area contributed by atoms with Crippen LogP contribution in [-0.4, -0.2) is 55.1 Å². The molecule has 0 bridgehead atoms. The third kappa shape index (κ3) is 5.05. The van der Waals surface area contributed by atoms with Gasteiger partial charge in [-0.15, -0.1) is 0 Å². The van der Waals surface area contributed by atoms with Gasteiger partial charge in [0.25, 0.3) is 0 Å². The van der Waals surface area contributed by atoms with E-state index in [9.17, 15) is 26.7 Å². The highest BCUT2D eigenvalue weighted by molar-refractivity contribution is 7.88. The van der Waals surface area contributed by atoms with Gasteiger partial charge >= 0.3 is 6.18 Å². The molecule has 0 amide bonds. The summed E-state index contributed by atoms with van der Waals surface area (Å²) in [4.78, 5) is 0. The molecule has 1 aromatic carbocycles. The first-order valence-corrected chi connectivity index (χ1v) is 10.3. The lowest BCUT2D eigenvalue weighted by atomic mass is 9.86. The number of halogens is 3. The zero-order valence-electron chi connectivity index (χ0n) is 15.6. The van der Waals surface area contributed by atoms with Crippen molar-refractivity contribution in [2.75, 3.05) is 19.4 Å². The van der Waals surface area contributed by atoms with Crippen LogP contribution in [0.3, 0.4) is 0 Å². The van der Waals surface area contributed by atoms with Crippen molar-refractivity contribution < 1.29 is 36.2 Å². The molecule has 6 nitrogen and oxygen atoms in total. The van der Waals surface area contributed by atoms with Crippen LogP contribution in [0.4, 0.5) is 13.2 Å². The van der Waals surface area contributed by atoms with E-state index >= 15 is 0 Å². The largest absolute Gasteiger partial charge is 0.493 e. The fraction of sp³-hybridized carbons (Fsp3) is 0.647. The lowest BCUT2D eigenvalue weighted by Gasteiger charge is -2.45. The fourth-order valence-corrected chi connectivity index (χ4v) is 4.18. The van der Waals surface area contributed by atoms with Crippen molar-refractivity contribution in [3.63, 3.8) is 0 Å². The maximum absolute atomic E-state index is 12.3. The van der Waals surface area contributed by atoms with Crippen LogP contribution in [0.1, 0.15) is 38.8 Å². The van der Waals surface area contributed by atoms with Gasteiger partial charge in [-0.3, -0.25) is 0 Å². The van der Waals surface area contributed by atoms with Crippen LogP contribution in [-0.2, 0) is 10.0 Å². The molecule has 1 heterocycles. The Kier molecular flexibility index (Phi) is 6.03. The second-order valence-corrected chi connectivity index (χ2v) is 8.91. The Bertz CT molecular complexity index is 779. The molecule has 0 radical (unpaired) electrons. The lowest BCUT2D eigenvalue weighted by molar-refractivity contribution is -0.139. The van der Waals surface area contributed by atoms with Gasteiger partial charge in [0.05, 0.1) is 25.3 Å². The van der Waals surface area contributed by atoms with E-state index in [0.29, 0.717) is 11.3 Å². The molecule has 1 N–H and O–H groups in total. The van der Waals surface area contributed by atoms with E-state index in [2.05, 4.69) is 0 Å². The normalized spacial score (nSPS) is 22.3. The summed E-state index contributed by atoms with van der Waals surface area (Å²) in [6, 6.07) is 3.43. The van der Waals surface area contributed by atoms with Crippen LogP contribution in [0.2, 0.25) is 0 Å². The Morgan fingerprint density at radius 3 is 2.48 bits per heavy atom. The maximum Gasteiger partial charge on any atom is 0.392 e. The molecule has 0 aromatic heterocycles. The molecule has 1 aliphatic heterocycles. The molecule has 0 aliphatic carbocycles. The van der Waals surface area contributed by atoms with Crippen molar-refractivity contribution in [2.24, 2.45) is 0 Å². The molecular weight excluding hydrogens is 387 g/mol. The van der Waals surface area contributed by atoms with Gasteiger partial charge in [0.2, 0.25) is 10.0 Å². The Hall–Kier alpha value is -1.52. The number of hydrogen-bond acceptors (Lipinski definition) is 5. The van der Waals surface area contributed by atoms with E-state index in [1.807, 2.05) is 0 Å². The zero-order chi connectivity index (χ0) is 20.6. The summed E-state index contributed by atoms with van der Waals surface area (Å²) in [6.45, 7) is 4.45. The van der Waals surface area contributed by atoms with Crippen LogP contribution in [0.15, 0.2) is 18.2 Å². The second kappa shape index (κ2) is 7.48. The molecule has 0 saturated carbocycles. The third-order valence-corrected chi connectivity index (χ3v) is 5.72. The summed E-state index contributed by atoms with van der Waals surface area (Å²) in [5.74, 6) is 0.489. The molecule has 0 fully saturated rings. The standard InChI is InChI=1S/C17H24F3NO5S/c1-5-21(27(4,23)24)14-12-10-11(25-9-8-17(18,19)20)6-7-13(12)26-16(2,3)15(14)22/h6-7,10,14-15,22H,5,8-9H2,1-4H3. The number of aliphatic hydroxyl groups excluding tert-OH is 1. The minimum Gasteiger partial charge on any atom is -0.493 e. The average Bonchev–Trinajstić information content (AvgIpc) is 2.49. The third-order valence-electron chi connectivity index (χ3n) is 4.39. The van der Waals surface area contributed by atoms with Gasteiger partial charge < -0.3 is 14.6 Å². The van der Waals surface area contributed by atoms with E-state index in [1.165, 1.54) is 18.2 Å². The van der Waals surface area contributed by atoms with Crippen molar-refractivity contribution in [2.45, 2.75) is 51.1 Å². The van der Waals surface area contributed by atoms with Crippen molar-refractivity contribution >= 4 is 10.0 Å². The van der Waals surface area contributed by atoms with Crippen molar-refractivity contribution in [1.29, 1.82) is 0 Å². The molecular formula is C17H24F3NO5S. The molecule has 27 heavy (non-hydrogen) atoms. The number of sulfonamides is 1. The molecule has 0 saturated heterocycles. The first-order valence-electron chi connectivity index (χ1n) is 8.43. The van der Waals surface area contributed by atoms with Crippen LogP contribution in [0, 0.1) is 0 Å². The first kappa shape index (κ1) is 21.8. The zero-order valence-corrected chi connectivity index (χ0v) is 16.4. The minimum atomic E-state index is -4.34. The molecule has 1 aromatic rings. The number of fused-ring (bicyclic) bond motifs is 1. The molecule has 1 aliphatic rings. The fourth-order valence-electron chi connectivity index (χ4n) is 3.07. The van der Waals surface area contributed by atoms with Crippen molar-refractivity contribution in [3.8, 4) is 11.5 Å². The summed E-state index contributed by atoms with van der Waals surface area (Å²) < 4.78 is 73.4. The van der Waals surface area contributed by atoms with Gasteiger partial charge in [-0.05, 0) is 32.0 Å². The number of rotatable bonds is 6. The van der Waals surface area contributed by atoms with Gasteiger partial charge in [-0.2, -0.15) is 17.5 Å². The number of hydrogen-bond donors (Lipinski definition) is 1. The first-order chi connectivity index (χ1) is 12.3. The quantitative estimate of drug-likeness (QED) is 0.779. The van der Waals surface area contributed by atoms with E-state index in [-0.39, 0.29) is 12.3 Å². The number of alkyl halides is 3. The van der Waals surface area contributed by atoms with Gasteiger partial charge in [0.15, 0.2) is 0 Å². The molecule has 2 atom stereocenters. The monoisotopic (exact) mass is 411 g/mol. The smallest absolute Gasteiger partial charge is 0.392 e. The van der Waals surface area contributed by atoms with E-state index in [1.54, 1.807) is 20.8 Å². The predicted molar refractivity (Wildman–Crippen MR) is 93.3 cm³/mol. The van der Waals surface area contributed by atoms with E-state index < -0.39 is 47.0 Å². The minimum absolute atomic E-state index is 0.106. The molecule has 2 rings (SSSR count). The average molecular weight is 411 g/mol. The van der Waals surface area contributed by atoms with Crippen molar-refractivity contribution in [1.82, 2.24) is 4.31 Å². The second-order valence-electron chi connectivity index (χ2n) is 6.97. The topological polar surface area (TPSA) is 76.1 Å². The number of aliphatic hydroxyl groups is 1. The highest BCUT2D eigenvalue weighted by atomic mass is 32.2. The van der Waals surface area contributed by atoms with Crippen LogP contribution in [0.25, 0.3) is 0 Å². The van der Waals surface area contributed by atoms with Gasteiger partial charge in [-0.25, -0.2) is 8.42 Å². The number of ether oxygens (including phenoxy) is 2. The molecule has 2 unspecified atom stereocenters. The summed E-state index contributed by atoms with van der Waals surface area (Å²) in [5.41, 5.74) is -0.715. The predicted octanol–water partition coefficient (Wildman–Crippen LogP) is 2.87. The lowest BCUT2D eigenvalue weighted by Crippen LogP contribution is -2.54. The summed E-state index contributed by atoms with van der Waals surface area (Å²) in [5, 5.41) is 10.8. The van der Waals surface area contributed by atoms with Crippen LogP contribution < -0.4 is 9.47 Å².